The molecular weight excluding hydrogens is 364 g/mol. The van der Waals surface area contributed by atoms with Crippen LogP contribution in [0.15, 0.2) is 11.6 Å². The summed E-state index contributed by atoms with van der Waals surface area (Å²) in [5.41, 5.74) is 0. The number of piperidine rings is 3. The third kappa shape index (κ3) is 3.82. The number of carbonyl (C=O) groups excluding carboxylic acids is 2. The summed E-state index contributed by atoms with van der Waals surface area (Å²) in [6.45, 7) is 2.84. The molecule has 0 radical (unpaired) electrons. The summed E-state index contributed by atoms with van der Waals surface area (Å²) in [4.78, 5) is 33.9. The van der Waals surface area contributed by atoms with Crippen LogP contribution in [0.5, 0.6) is 0 Å². The minimum Gasteiger partial charge on any atom is -0.384 e. The highest BCUT2D eigenvalue weighted by Crippen LogP contribution is 2.42. The Morgan fingerprint density at radius 3 is 3.04 bits per heavy atom. The Labute approximate surface area is 164 Å². The van der Waals surface area contributed by atoms with Crippen LogP contribution in [0.2, 0.25) is 0 Å². The number of amides is 2. The Hall–Kier alpha value is -1.67. The summed E-state index contributed by atoms with van der Waals surface area (Å²) in [5.74, 6) is 1.12. The third-order valence-electron chi connectivity index (χ3n) is 6.23. The fourth-order valence-corrected chi connectivity index (χ4v) is 5.73. The van der Waals surface area contributed by atoms with Crippen molar-refractivity contribution in [2.75, 3.05) is 38.3 Å². The molecule has 1 aromatic heterocycles. The Morgan fingerprint density at radius 1 is 1.41 bits per heavy atom. The maximum Gasteiger partial charge on any atom is 0.223 e. The van der Waals surface area contributed by atoms with Crippen molar-refractivity contribution in [3.05, 3.63) is 11.6 Å². The van der Waals surface area contributed by atoms with Gasteiger partial charge in [-0.25, -0.2) is 4.98 Å². The number of thiazole rings is 1. The van der Waals surface area contributed by atoms with Crippen LogP contribution in [0, 0.1) is 11.8 Å². The first-order valence-corrected chi connectivity index (χ1v) is 10.8. The smallest absolute Gasteiger partial charge is 0.223 e. The molecule has 3 fully saturated rings. The second-order valence-electron chi connectivity index (χ2n) is 7.85. The number of methoxy groups -OCH3 is 1. The Kier molecular flexibility index (Phi) is 5.63. The average molecular weight is 393 g/mol. The van der Waals surface area contributed by atoms with Gasteiger partial charge in [0.1, 0.15) is 0 Å². The van der Waals surface area contributed by atoms with E-state index in [0.29, 0.717) is 43.9 Å². The van der Waals surface area contributed by atoms with Crippen molar-refractivity contribution in [3.63, 3.8) is 0 Å². The molecule has 1 N–H and O–H groups in total. The number of nitrogens with zero attached hydrogens (tertiary/aromatic N) is 3. The highest BCUT2D eigenvalue weighted by atomic mass is 32.1. The molecule has 3 aliphatic heterocycles. The summed E-state index contributed by atoms with van der Waals surface area (Å²) in [7, 11) is 1.60. The summed E-state index contributed by atoms with van der Waals surface area (Å²) in [6, 6.07) is 0.374. The lowest BCUT2D eigenvalue weighted by Gasteiger charge is -2.56. The van der Waals surface area contributed by atoms with Crippen molar-refractivity contribution < 1.29 is 14.3 Å². The molecule has 3 saturated heterocycles. The van der Waals surface area contributed by atoms with Gasteiger partial charge in [-0.2, -0.15) is 0 Å². The summed E-state index contributed by atoms with van der Waals surface area (Å²) in [6.07, 6.45) is 6.04. The van der Waals surface area contributed by atoms with E-state index >= 15 is 0 Å². The van der Waals surface area contributed by atoms with Crippen molar-refractivity contribution >= 4 is 28.3 Å². The van der Waals surface area contributed by atoms with E-state index in [1.165, 1.54) is 0 Å². The molecule has 0 unspecified atom stereocenters. The zero-order valence-corrected chi connectivity index (χ0v) is 16.6. The lowest BCUT2D eigenvalue weighted by atomic mass is 9.72. The quantitative estimate of drug-likeness (QED) is 0.794. The fourth-order valence-electron chi connectivity index (χ4n) is 5.07. The van der Waals surface area contributed by atoms with Crippen molar-refractivity contribution in [1.29, 1.82) is 0 Å². The molecule has 7 nitrogen and oxygen atoms in total. The first-order valence-electron chi connectivity index (χ1n) is 9.88. The number of hydrogen-bond donors (Lipinski definition) is 1. The van der Waals surface area contributed by atoms with Gasteiger partial charge in [0.15, 0.2) is 5.13 Å². The number of aromatic nitrogens is 1. The number of fused-ring (bicyclic) bond motifs is 4. The van der Waals surface area contributed by atoms with Gasteiger partial charge in [0.2, 0.25) is 11.8 Å². The Balaban J connectivity index is 1.51. The van der Waals surface area contributed by atoms with E-state index in [2.05, 4.69) is 20.1 Å². The lowest BCUT2D eigenvalue weighted by molar-refractivity contribution is -0.149. The third-order valence-corrected chi connectivity index (χ3v) is 7.06. The lowest BCUT2D eigenvalue weighted by Crippen LogP contribution is -2.67. The van der Waals surface area contributed by atoms with Gasteiger partial charge in [0.05, 0.1) is 12.6 Å². The van der Waals surface area contributed by atoms with Crippen LogP contribution in [0.25, 0.3) is 0 Å². The van der Waals surface area contributed by atoms with Crippen molar-refractivity contribution in [3.8, 4) is 0 Å². The van der Waals surface area contributed by atoms with E-state index in [1.807, 2.05) is 11.6 Å². The number of nitrogens with one attached hydrogen (secondary N) is 1. The van der Waals surface area contributed by atoms with E-state index in [0.717, 1.165) is 37.5 Å². The van der Waals surface area contributed by atoms with Gasteiger partial charge < -0.3 is 19.9 Å². The highest BCUT2D eigenvalue weighted by molar-refractivity contribution is 7.13. The SMILES string of the molecule is COCCC(=O)NC[C@H]1[C@H]2C[C@H](CN(c3nccs3)C2)[C@@H]2CCCC(=O)N21. The van der Waals surface area contributed by atoms with Crippen LogP contribution in [-0.2, 0) is 14.3 Å². The predicted molar refractivity (Wildman–Crippen MR) is 104 cm³/mol. The van der Waals surface area contributed by atoms with Crippen LogP contribution in [0.3, 0.4) is 0 Å². The standard InChI is InChI=1S/C19H28N4O3S/c1-26-7-5-17(24)21-10-16-14-9-13(15-3-2-4-18(25)23(15)16)11-22(12-14)19-20-6-8-27-19/h6,8,13-16H,2-5,7,9-12H2,1H3,(H,21,24)/t13-,14+,15+,16+/m1/s1. The van der Waals surface area contributed by atoms with E-state index in [9.17, 15) is 9.59 Å². The molecule has 0 aliphatic carbocycles. The topological polar surface area (TPSA) is 74.8 Å². The molecule has 0 saturated carbocycles. The maximum atomic E-state index is 12.8. The number of ether oxygens (including phenoxy) is 1. The summed E-state index contributed by atoms with van der Waals surface area (Å²) < 4.78 is 4.99. The van der Waals surface area contributed by atoms with Gasteiger partial charge in [0, 0.05) is 57.2 Å². The number of anilines is 1. The molecule has 4 rings (SSSR count). The molecule has 4 atom stereocenters. The van der Waals surface area contributed by atoms with Crippen molar-refractivity contribution in [1.82, 2.24) is 15.2 Å². The van der Waals surface area contributed by atoms with E-state index < -0.39 is 0 Å². The molecule has 2 amide bonds. The van der Waals surface area contributed by atoms with Gasteiger partial charge >= 0.3 is 0 Å². The molecule has 3 aliphatic rings. The highest BCUT2D eigenvalue weighted by Gasteiger charge is 2.49. The maximum absolute atomic E-state index is 12.8. The number of hydrogen-bond acceptors (Lipinski definition) is 6. The van der Waals surface area contributed by atoms with Crippen molar-refractivity contribution in [2.45, 2.75) is 44.2 Å². The van der Waals surface area contributed by atoms with Crippen LogP contribution in [0.4, 0.5) is 5.13 Å². The average Bonchev–Trinajstić information content (AvgIpc) is 3.21. The van der Waals surface area contributed by atoms with Gasteiger partial charge in [0.25, 0.3) is 0 Å². The summed E-state index contributed by atoms with van der Waals surface area (Å²) >= 11 is 1.68. The molecule has 0 spiro atoms. The Bertz CT molecular complexity index is 668. The minimum absolute atomic E-state index is 0.00688. The number of rotatable bonds is 6. The largest absolute Gasteiger partial charge is 0.384 e. The number of carbonyl (C=O) groups is 2. The zero-order valence-electron chi connectivity index (χ0n) is 15.8. The monoisotopic (exact) mass is 392 g/mol. The van der Waals surface area contributed by atoms with Gasteiger partial charge in [-0.3, -0.25) is 9.59 Å². The first-order chi connectivity index (χ1) is 13.2. The van der Waals surface area contributed by atoms with E-state index in [-0.39, 0.29) is 17.9 Å². The molecule has 27 heavy (non-hydrogen) atoms. The molecule has 1 aromatic rings. The van der Waals surface area contributed by atoms with Crippen LogP contribution < -0.4 is 10.2 Å². The van der Waals surface area contributed by atoms with E-state index in [1.54, 1.807) is 18.4 Å². The normalized spacial score (nSPS) is 30.2. The second kappa shape index (κ2) is 8.14. The van der Waals surface area contributed by atoms with Gasteiger partial charge in [-0.1, -0.05) is 0 Å². The molecule has 8 heteroatoms. The fraction of sp³-hybridized carbons (Fsp3) is 0.737. The molecule has 148 valence electrons. The molecule has 0 aromatic carbocycles. The van der Waals surface area contributed by atoms with Crippen LogP contribution in [0.1, 0.15) is 32.1 Å². The first kappa shape index (κ1) is 18.7. The molecule has 4 heterocycles. The minimum atomic E-state index is -0.00688. The molecule has 2 bridgehead atoms. The second-order valence-corrected chi connectivity index (χ2v) is 8.72. The summed E-state index contributed by atoms with van der Waals surface area (Å²) in [5, 5.41) is 6.14. The zero-order chi connectivity index (χ0) is 18.8. The van der Waals surface area contributed by atoms with Crippen LogP contribution in [-0.4, -0.2) is 67.1 Å². The van der Waals surface area contributed by atoms with Crippen LogP contribution >= 0.6 is 11.3 Å². The van der Waals surface area contributed by atoms with Gasteiger partial charge in [-0.15, -0.1) is 11.3 Å². The predicted octanol–water partition coefficient (Wildman–Crippen LogP) is 1.50. The Morgan fingerprint density at radius 2 is 2.26 bits per heavy atom. The van der Waals surface area contributed by atoms with Crippen molar-refractivity contribution in [2.24, 2.45) is 11.8 Å². The van der Waals surface area contributed by atoms with E-state index in [4.69, 9.17) is 4.74 Å². The van der Waals surface area contributed by atoms with Gasteiger partial charge in [-0.05, 0) is 31.1 Å². The molecular formula is C19H28N4O3S.